The maximum atomic E-state index is 11.6. The fourth-order valence-corrected chi connectivity index (χ4v) is 2.09. The van der Waals surface area contributed by atoms with Crippen LogP contribution in [0.2, 0.25) is 0 Å². The highest BCUT2D eigenvalue weighted by molar-refractivity contribution is 5.90. The summed E-state index contributed by atoms with van der Waals surface area (Å²) in [4.78, 5) is 11.6. The van der Waals surface area contributed by atoms with E-state index >= 15 is 0 Å². The monoisotopic (exact) mass is 262 g/mol. The first kappa shape index (κ1) is 13.9. The lowest BCUT2D eigenvalue weighted by Crippen LogP contribution is -2.16. The molecule has 0 spiro atoms. The molecule has 0 atom stereocenters. The van der Waals surface area contributed by atoms with Crippen molar-refractivity contribution in [2.45, 2.75) is 32.1 Å². The minimum atomic E-state index is -0.0200. The molecule has 0 saturated heterocycles. The first-order chi connectivity index (χ1) is 9.24. The zero-order valence-electron chi connectivity index (χ0n) is 11.2. The minimum Gasteiger partial charge on any atom is -0.399 e. The Morgan fingerprint density at radius 2 is 2.00 bits per heavy atom. The number of carbonyl (C=O) groups excluding carboxylic acids is 1. The Morgan fingerprint density at radius 3 is 2.63 bits per heavy atom. The van der Waals surface area contributed by atoms with Crippen molar-refractivity contribution >= 4 is 17.3 Å². The SMILES string of the molecule is Nc1ccc(NC(=O)CCOCCC2CCC2)cc1. The molecule has 0 unspecified atom stereocenters. The molecule has 0 aromatic heterocycles. The van der Waals surface area contributed by atoms with Crippen molar-refractivity contribution < 1.29 is 9.53 Å². The van der Waals surface area contributed by atoms with Gasteiger partial charge in [-0.3, -0.25) is 4.79 Å². The van der Waals surface area contributed by atoms with Gasteiger partial charge in [0.2, 0.25) is 5.91 Å². The van der Waals surface area contributed by atoms with E-state index in [1.54, 1.807) is 24.3 Å². The van der Waals surface area contributed by atoms with Crippen LogP contribution in [-0.4, -0.2) is 19.1 Å². The number of hydrogen-bond donors (Lipinski definition) is 2. The van der Waals surface area contributed by atoms with Crippen molar-refractivity contribution in [3.63, 3.8) is 0 Å². The standard InChI is InChI=1S/C15H22N2O2/c16-13-4-6-14(7-5-13)17-15(18)9-11-19-10-8-12-2-1-3-12/h4-7,12H,1-3,8-11,16H2,(H,17,18). The second-order valence-corrected chi connectivity index (χ2v) is 5.12. The largest absolute Gasteiger partial charge is 0.399 e. The average Bonchev–Trinajstić information content (AvgIpc) is 2.34. The molecule has 2 rings (SSSR count). The fraction of sp³-hybridized carbons (Fsp3) is 0.533. The average molecular weight is 262 g/mol. The number of carbonyl (C=O) groups is 1. The molecular formula is C15H22N2O2. The molecule has 0 heterocycles. The molecule has 0 radical (unpaired) electrons. The molecule has 3 N–H and O–H groups in total. The number of hydrogen-bond acceptors (Lipinski definition) is 3. The predicted octanol–water partition coefficient (Wildman–Crippen LogP) is 2.80. The summed E-state index contributed by atoms with van der Waals surface area (Å²) in [5.41, 5.74) is 7.04. The van der Waals surface area contributed by atoms with Crippen molar-refractivity contribution in [3.8, 4) is 0 Å². The smallest absolute Gasteiger partial charge is 0.226 e. The molecular weight excluding hydrogens is 240 g/mol. The number of anilines is 2. The van der Waals surface area contributed by atoms with Gasteiger partial charge in [0.15, 0.2) is 0 Å². The van der Waals surface area contributed by atoms with Crippen molar-refractivity contribution in [3.05, 3.63) is 24.3 Å². The molecule has 1 aromatic rings. The van der Waals surface area contributed by atoms with E-state index in [1.807, 2.05) is 0 Å². The Kier molecular flexibility index (Phi) is 5.21. The zero-order chi connectivity index (χ0) is 13.5. The summed E-state index contributed by atoms with van der Waals surface area (Å²) >= 11 is 0. The van der Waals surface area contributed by atoms with E-state index in [4.69, 9.17) is 10.5 Å². The second kappa shape index (κ2) is 7.14. The maximum Gasteiger partial charge on any atom is 0.226 e. The van der Waals surface area contributed by atoms with E-state index in [2.05, 4.69) is 5.32 Å². The molecule has 0 aliphatic heterocycles. The van der Waals surface area contributed by atoms with E-state index < -0.39 is 0 Å². The van der Waals surface area contributed by atoms with Crippen molar-refractivity contribution in [1.82, 2.24) is 0 Å². The van der Waals surface area contributed by atoms with Gasteiger partial charge in [-0.05, 0) is 36.6 Å². The Hall–Kier alpha value is -1.55. The van der Waals surface area contributed by atoms with Gasteiger partial charge in [0, 0.05) is 18.0 Å². The third-order valence-corrected chi connectivity index (χ3v) is 3.56. The normalized spacial score (nSPS) is 14.9. The summed E-state index contributed by atoms with van der Waals surface area (Å²) in [7, 11) is 0. The predicted molar refractivity (Wildman–Crippen MR) is 76.9 cm³/mol. The fourth-order valence-electron chi connectivity index (χ4n) is 2.09. The van der Waals surface area contributed by atoms with Gasteiger partial charge < -0.3 is 15.8 Å². The van der Waals surface area contributed by atoms with Crippen LogP contribution in [0.4, 0.5) is 11.4 Å². The highest BCUT2D eigenvalue weighted by atomic mass is 16.5. The zero-order valence-corrected chi connectivity index (χ0v) is 11.2. The lowest BCUT2D eigenvalue weighted by atomic mass is 9.83. The van der Waals surface area contributed by atoms with Crippen LogP contribution in [0.15, 0.2) is 24.3 Å². The summed E-state index contributed by atoms with van der Waals surface area (Å²) in [5.74, 6) is 0.844. The maximum absolute atomic E-state index is 11.6. The minimum absolute atomic E-state index is 0.0200. The summed E-state index contributed by atoms with van der Waals surface area (Å²) in [5, 5.41) is 2.82. The summed E-state index contributed by atoms with van der Waals surface area (Å²) in [6.07, 6.45) is 5.60. The Labute approximate surface area is 114 Å². The van der Waals surface area contributed by atoms with Gasteiger partial charge in [-0.1, -0.05) is 19.3 Å². The summed E-state index contributed by atoms with van der Waals surface area (Å²) in [6, 6.07) is 7.13. The summed E-state index contributed by atoms with van der Waals surface area (Å²) in [6.45, 7) is 1.27. The van der Waals surface area contributed by atoms with Gasteiger partial charge in [-0.25, -0.2) is 0 Å². The third kappa shape index (κ3) is 4.91. The quantitative estimate of drug-likeness (QED) is 0.586. The van der Waals surface area contributed by atoms with Crippen LogP contribution in [-0.2, 0) is 9.53 Å². The number of ether oxygens (including phenoxy) is 1. The number of benzene rings is 1. The highest BCUT2D eigenvalue weighted by Crippen LogP contribution is 2.29. The van der Waals surface area contributed by atoms with Crippen molar-refractivity contribution in [2.75, 3.05) is 24.3 Å². The van der Waals surface area contributed by atoms with Crippen LogP contribution in [0.3, 0.4) is 0 Å². The molecule has 104 valence electrons. The van der Waals surface area contributed by atoms with Crippen LogP contribution in [0.5, 0.6) is 0 Å². The topological polar surface area (TPSA) is 64.3 Å². The Bertz CT molecular complexity index is 399. The van der Waals surface area contributed by atoms with Gasteiger partial charge in [0.25, 0.3) is 0 Å². The first-order valence-electron chi connectivity index (χ1n) is 6.97. The Balaban J connectivity index is 1.55. The van der Waals surface area contributed by atoms with Gasteiger partial charge in [0.1, 0.15) is 0 Å². The van der Waals surface area contributed by atoms with Gasteiger partial charge in [-0.15, -0.1) is 0 Å². The van der Waals surface area contributed by atoms with Crippen LogP contribution < -0.4 is 11.1 Å². The number of rotatable bonds is 7. The first-order valence-corrected chi connectivity index (χ1v) is 6.97. The van der Waals surface area contributed by atoms with Crippen LogP contribution in [0.25, 0.3) is 0 Å². The number of nitrogens with two attached hydrogens (primary N) is 1. The van der Waals surface area contributed by atoms with Crippen molar-refractivity contribution in [1.29, 1.82) is 0 Å². The van der Waals surface area contributed by atoms with Gasteiger partial charge in [0.05, 0.1) is 13.0 Å². The molecule has 4 nitrogen and oxygen atoms in total. The molecule has 19 heavy (non-hydrogen) atoms. The van der Waals surface area contributed by atoms with E-state index in [-0.39, 0.29) is 5.91 Å². The Morgan fingerprint density at radius 1 is 1.26 bits per heavy atom. The number of nitrogen functional groups attached to an aromatic ring is 1. The van der Waals surface area contributed by atoms with Crippen LogP contribution in [0, 0.1) is 5.92 Å². The molecule has 4 heteroatoms. The third-order valence-electron chi connectivity index (χ3n) is 3.56. The molecule has 1 aliphatic carbocycles. The number of amides is 1. The molecule has 1 amide bonds. The van der Waals surface area contributed by atoms with Gasteiger partial charge in [-0.2, -0.15) is 0 Å². The van der Waals surface area contributed by atoms with E-state index in [0.717, 1.165) is 24.6 Å². The summed E-state index contributed by atoms with van der Waals surface area (Å²) < 4.78 is 5.49. The second-order valence-electron chi connectivity index (χ2n) is 5.12. The lowest BCUT2D eigenvalue weighted by Gasteiger charge is -2.24. The van der Waals surface area contributed by atoms with Crippen LogP contribution >= 0.6 is 0 Å². The van der Waals surface area contributed by atoms with E-state index in [0.29, 0.717) is 18.7 Å². The lowest BCUT2D eigenvalue weighted by molar-refractivity contribution is -0.117. The van der Waals surface area contributed by atoms with Crippen molar-refractivity contribution in [2.24, 2.45) is 5.92 Å². The van der Waals surface area contributed by atoms with E-state index in [9.17, 15) is 4.79 Å². The molecule has 1 aromatic carbocycles. The molecule has 0 bridgehead atoms. The van der Waals surface area contributed by atoms with E-state index in [1.165, 1.54) is 19.3 Å². The van der Waals surface area contributed by atoms with Gasteiger partial charge >= 0.3 is 0 Å². The number of nitrogens with one attached hydrogen (secondary N) is 1. The highest BCUT2D eigenvalue weighted by Gasteiger charge is 2.16. The molecule has 1 fully saturated rings. The molecule has 1 saturated carbocycles. The van der Waals surface area contributed by atoms with Crippen LogP contribution in [0.1, 0.15) is 32.1 Å². The molecule has 1 aliphatic rings.